The molecule has 1 aliphatic carbocycles. The van der Waals surface area contributed by atoms with Crippen LogP contribution in [0.15, 0.2) is 0 Å². The molecule has 1 spiro atoms. The fourth-order valence-electron chi connectivity index (χ4n) is 3.04. The molecule has 2 unspecified atom stereocenters. The van der Waals surface area contributed by atoms with E-state index in [0.717, 1.165) is 25.7 Å². The molecule has 0 bridgehead atoms. The van der Waals surface area contributed by atoms with E-state index in [1.54, 1.807) is 0 Å². The number of nitrogens with one attached hydrogen (secondary N) is 2. The van der Waals surface area contributed by atoms with Gasteiger partial charge in [-0.05, 0) is 24.7 Å². The van der Waals surface area contributed by atoms with Gasteiger partial charge >= 0.3 is 6.03 Å². The predicted molar refractivity (Wildman–Crippen MR) is 56.2 cm³/mol. The van der Waals surface area contributed by atoms with Crippen molar-refractivity contribution >= 4 is 11.9 Å². The molecule has 84 valence electrons. The number of carbonyl (C=O) groups is 2. The second-order valence-corrected chi connectivity index (χ2v) is 4.98. The highest BCUT2D eigenvalue weighted by Crippen LogP contribution is 2.40. The summed E-state index contributed by atoms with van der Waals surface area (Å²) in [6.07, 6.45) is 4.00. The molecule has 1 saturated heterocycles. The second kappa shape index (κ2) is 3.51. The van der Waals surface area contributed by atoms with Gasteiger partial charge in [0.1, 0.15) is 5.54 Å². The smallest absolute Gasteiger partial charge is 0.322 e. The van der Waals surface area contributed by atoms with Crippen LogP contribution >= 0.6 is 0 Å². The van der Waals surface area contributed by atoms with E-state index in [1.165, 1.54) is 0 Å². The van der Waals surface area contributed by atoms with Gasteiger partial charge in [-0.2, -0.15) is 0 Å². The van der Waals surface area contributed by atoms with E-state index < -0.39 is 5.54 Å². The Morgan fingerprint density at radius 1 is 1.33 bits per heavy atom. The zero-order chi connectivity index (χ0) is 11.1. The third-order valence-electron chi connectivity index (χ3n) is 3.74. The van der Waals surface area contributed by atoms with Crippen molar-refractivity contribution in [2.75, 3.05) is 0 Å². The van der Waals surface area contributed by atoms with Gasteiger partial charge in [0.05, 0.1) is 0 Å². The van der Waals surface area contributed by atoms with Gasteiger partial charge in [-0.3, -0.25) is 10.1 Å². The Morgan fingerprint density at radius 3 is 2.60 bits per heavy atom. The van der Waals surface area contributed by atoms with E-state index in [4.69, 9.17) is 0 Å². The maximum atomic E-state index is 11.9. The third-order valence-corrected chi connectivity index (χ3v) is 3.74. The molecule has 4 heteroatoms. The fraction of sp³-hybridized carbons (Fsp3) is 0.818. The number of amides is 3. The molecule has 15 heavy (non-hydrogen) atoms. The van der Waals surface area contributed by atoms with E-state index >= 15 is 0 Å². The van der Waals surface area contributed by atoms with Gasteiger partial charge in [0.2, 0.25) is 0 Å². The topological polar surface area (TPSA) is 58.2 Å². The molecule has 2 fully saturated rings. The molecule has 1 saturated carbocycles. The van der Waals surface area contributed by atoms with Crippen LogP contribution in [0, 0.1) is 11.8 Å². The quantitative estimate of drug-likeness (QED) is 0.643. The number of urea groups is 1. The molecule has 2 aliphatic rings. The Kier molecular flexibility index (Phi) is 2.44. The lowest BCUT2D eigenvalue weighted by Gasteiger charge is -2.40. The summed E-state index contributed by atoms with van der Waals surface area (Å²) in [5.74, 6) is 0.582. The van der Waals surface area contributed by atoms with Crippen LogP contribution in [0.3, 0.4) is 0 Å². The molecule has 1 heterocycles. The number of imide groups is 1. The lowest BCUT2D eigenvalue weighted by atomic mass is 9.68. The molecule has 3 amide bonds. The average Bonchev–Trinajstić information content (AvgIpc) is 2.42. The van der Waals surface area contributed by atoms with Crippen LogP contribution in [-0.4, -0.2) is 17.5 Å². The zero-order valence-electron chi connectivity index (χ0n) is 9.30. The van der Waals surface area contributed by atoms with Crippen molar-refractivity contribution in [2.45, 2.75) is 45.1 Å². The van der Waals surface area contributed by atoms with Crippen LogP contribution in [0.1, 0.15) is 39.5 Å². The van der Waals surface area contributed by atoms with Gasteiger partial charge in [0.15, 0.2) is 0 Å². The first-order valence-electron chi connectivity index (χ1n) is 5.70. The maximum absolute atomic E-state index is 11.9. The average molecular weight is 210 g/mol. The molecule has 1 aliphatic heterocycles. The minimum absolute atomic E-state index is 0.120. The predicted octanol–water partition coefficient (Wildman–Crippen LogP) is 1.41. The molecular weight excluding hydrogens is 192 g/mol. The van der Waals surface area contributed by atoms with Crippen LogP contribution in [0.5, 0.6) is 0 Å². The summed E-state index contributed by atoms with van der Waals surface area (Å²) in [4.78, 5) is 23.1. The van der Waals surface area contributed by atoms with Crippen molar-refractivity contribution in [3.8, 4) is 0 Å². The van der Waals surface area contributed by atoms with E-state index in [-0.39, 0.29) is 17.9 Å². The van der Waals surface area contributed by atoms with Gasteiger partial charge < -0.3 is 5.32 Å². The zero-order valence-corrected chi connectivity index (χ0v) is 9.30. The van der Waals surface area contributed by atoms with Gasteiger partial charge in [-0.15, -0.1) is 0 Å². The summed E-state index contributed by atoms with van der Waals surface area (Å²) in [5, 5.41) is 5.22. The normalized spacial score (nSPS) is 35.8. The molecule has 0 aromatic rings. The van der Waals surface area contributed by atoms with Crippen LogP contribution in [0.25, 0.3) is 0 Å². The Morgan fingerprint density at radius 2 is 2.07 bits per heavy atom. The lowest BCUT2D eigenvalue weighted by Crippen LogP contribution is -2.56. The monoisotopic (exact) mass is 210 g/mol. The fourth-order valence-corrected chi connectivity index (χ4v) is 3.04. The molecule has 4 nitrogen and oxygen atoms in total. The summed E-state index contributed by atoms with van der Waals surface area (Å²) in [6, 6.07) is -0.326. The molecular formula is C11H18N2O2. The Labute approximate surface area is 89.8 Å². The minimum atomic E-state index is -0.608. The standard InChI is InChI=1S/C11H18N2O2/c1-7(2)8-5-3-4-6-11(8)9(14)12-10(15)13-11/h7-8H,3-6H2,1-2H3,(H2,12,13,14,15). The van der Waals surface area contributed by atoms with Crippen molar-refractivity contribution in [2.24, 2.45) is 11.8 Å². The Hall–Kier alpha value is -1.06. The molecule has 0 aromatic heterocycles. The SMILES string of the molecule is CC(C)C1CCCCC12NC(=O)NC2=O. The first-order valence-corrected chi connectivity index (χ1v) is 5.70. The summed E-state index contributed by atoms with van der Waals surface area (Å²) in [6.45, 7) is 4.24. The van der Waals surface area contributed by atoms with Gasteiger partial charge in [-0.25, -0.2) is 4.79 Å². The highest BCUT2D eigenvalue weighted by atomic mass is 16.2. The van der Waals surface area contributed by atoms with E-state index in [0.29, 0.717) is 5.92 Å². The summed E-state index contributed by atoms with van der Waals surface area (Å²) < 4.78 is 0. The van der Waals surface area contributed by atoms with E-state index in [1.807, 2.05) is 0 Å². The number of carbonyl (C=O) groups excluding carboxylic acids is 2. The van der Waals surface area contributed by atoms with E-state index in [9.17, 15) is 9.59 Å². The number of hydrogen-bond donors (Lipinski definition) is 2. The van der Waals surface area contributed by atoms with Crippen LogP contribution in [0.2, 0.25) is 0 Å². The van der Waals surface area contributed by atoms with Crippen LogP contribution in [0.4, 0.5) is 4.79 Å². The summed E-state index contributed by atoms with van der Waals surface area (Å²) >= 11 is 0. The largest absolute Gasteiger partial charge is 0.323 e. The Balaban J connectivity index is 2.30. The van der Waals surface area contributed by atoms with Gasteiger partial charge in [0.25, 0.3) is 5.91 Å². The molecule has 2 rings (SSSR count). The van der Waals surface area contributed by atoms with Crippen molar-refractivity contribution < 1.29 is 9.59 Å². The number of rotatable bonds is 1. The first kappa shape index (κ1) is 10.5. The minimum Gasteiger partial charge on any atom is -0.323 e. The number of hydrogen-bond acceptors (Lipinski definition) is 2. The van der Waals surface area contributed by atoms with Crippen molar-refractivity contribution in [1.82, 2.24) is 10.6 Å². The molecule has 2 N–H and O–H groups in total. The highest BCUT2D eigenvalue weighted by molar-refractivity contribution is 6.07. The molecule has 0 aromatic carbocycles. The van der Waals surface area contributed by atoms with Crippen molar-refractivity contribution in [3.63, 3.8) is 0 Å². The molecule has 2 atom stereocenters. The first-order chi connectivity index (χ1) is 7.06. The van der Waals surface area contributed by atoms with Gasteiger partial charge in [0, 0.05) is 0 Å². The van der Waals surface area contributed by atoms with Crippen molar-refractivity contribution in [1.29, 1.82) is 0 Å². The summed E-state index contributed by atoms with van der Waals surface area (Å²) in [7, 11) is 0. The molecule has 0 radical (unpaired) electrons. The lowest BCUT2D eigenvalue weighted by molar-refractivity contribution is -0.128. The Bertz CT molecular complexity index is 301. The maximum Gasteiger partial charge on any atom is 0.322 e. The van der Waals surface area contributed by atoms with Crippen LogP contribution in [-0.2, 0) is 4.79 Å². The van der Waals surface area contributed by atoms with Gasteiger partial charge in [-0.1, -0.05) is 26.7 Å². The van der Waals surface area contributed by atoms with Crippen molar-refractivity contribution in [3.05, 3.63) is 0 Å². The second-order valence-electron chi connectivity index (χ2n) is 4.98. The van der Waals surface area contributed by atoms with Crippen LogP contribution < -0.4 is 10.6 Å². The third kappa shape index (κ3) is 1.52. The van der Waals surface area contributed by atoms with E-state index in [2.05, 4.69) is 24.5 Å². The highest BCUT2D eigenvalue weighted by Gasteiger charge is 2.53. The summed E-state index contributed by atoms with van der Waals surface area (Å²) in [5.41, 5.74) is -0.608.